The van der Waals surface area contributed by atoms with Gasteiger partial charge in [-0.3, -0.25) is 29.3 Å². The summed E-state index contributed by atoms with van der Waals surface area (Å²) in [6.07, 6.45) is 22.8. The lowest BCUT2D eigenvalue weighted by Gasteiger charge is -2.13. The molecule has 6 N–H and O–H groups in total. The largest absolute Gasteiger partial charge is 0.382 e. The summed E-state index contributed by atoms with van der Waals surface area (Å²) in [6.45, 7) is 10.4. The second kappa shape index (κ2) is 28.7. The Kier molecular flexibility index (Phi) is 19.1. The number of pyridine rings is 6. The molecule has 12 aromatic heterocycles. The van der Waals surface area contributed by atoms with Gasteiger partial charge in [0.05, 0.1) is 17.1 Å². The molecule has 0 spiro atoms. The third-order valence-electron chi connectivity index (χ3n) is 17.6. The molecular formula is C72H72N18O6. The minimum absolute atomic E-state index is 0.101. The third kappa shape index (κ3) is 14.1. The van der Waals surface area contributed by atoms with Crippen molar-refractivity contribution in [2.45, 2.75) is 78.6 Å². The van der Waals surface area contributed by atoms with Crippen LogP contribution in [0, 0.1) is 38.5 Å². The lowest BCUT2D eigenvalue weighted by Crippen LogP contribution is -2.13. The fraction of sp³-hybridized carbons (Fsp3) is 0.292. The Labute approximate surface area is 552 Å². The third-order valence-corrected chi connectivity index (χ3v) is 17.6. The first-order valence-corrected chi connectivity index (χ1v) is 32.2. The van der Waals surface area contributed by atoms with Crippen LogP contribution in [0.4, 0.5) is 17.5 Å². The van der Waals surface area contributed by atoms with Gasteiger partial charge in [-0.25, -0.2) is 44.9 Å². The Morgan fingerprint density at radius 3 is 0.958 bits per heavy atom. The zero-order valence-electron chi connectivity index (χ0n) is 53.6. The van der Waals surface area contributed by atoms with Crippen LogP contribution in [0.15, 0.2) is 147 Å². The highest BCUT2D eigenvalue weighted by Gasteiger charge is 2.27. The van der Waals surface area contributed by atoms with Crippen LogP contribution >= 0.6 is 0 Å². The molecule has 0 amide bonds. The van der Waals surface area contributed by atoms with Crippen LogP contribution in [0.5, 0.6) is 0 Å². The van der Waals surface area contributed by atoms with Gasteiger partial charge in [0.2, 0.25) is 0 Å². The highest BCUT2D eigenvalue weighted by Crippen LogP contribution is 2.35. The maximum absolute atomic E-state index is 13.0. The fourth-order valence-corrected chi connectivity index (χ4v) is 12.1. The van der Waals surface area contributed by atoms with Gasteiger partial charge < -0.3 is 44.6 Å². The molecule has 3 fully saturated rings. The zero-order valence-corrected chi connectivity index (χ0v) is 53.6. The van der Waals surface area contributed by atoms with E-state index in [1.807, 2.05) is 162 Å². The second-order valence-electron chi connectivity index (χ2n) is 24.3. The summed E-state index contributed by atoms with van der Waals surface area (Å²) in [4.78, 5) is 93.5. The molecule has 15 rings (SSSR count). The van der Waals surface area contributed by atoms with Gasteiger partial charge in [0.1, 0.15) is 68.2 Å². The first kappa shape index (κ1) is 63.8. The van der Waals surface area contributed by atoms with E-state index in [1.54, 1.807) is 18.6 Å². The summed E-state index contributed by atoms with van der Waals surface area (Å²) in [5.74, 6) is 1.30. The molecule has 96 heavy (non-hydrogen) atoms. The predicted molar refractivity (Wildman–Crippen MR) is 363 cm³/mol. The first-order valence-electron chi connectivity index (χ1n) is 32.2. The van der Waals surface area contributed by atoms with Gasteiger partial charge in [0.15, 0.2) is 34.8 Å². The summed E-state index contributed by atoms with van der Waals surface area (Å²) in [6, 6.07) is 28.3. The van der Waals surface area contributed by atoms with E-state index in [2.05, 4.69) is 44.9 Å². The van der Waals surface area contributed by atoms with Gasteiger partial charge >= 0.3 is 0 Å². The number of anilines is 3. The molecule has 0 saturated carbocycles. The molecule has 3 atom stereocenters. The second-order valence-corrected chi connectivity index (χ2v) is 24.3. The number of carbonyl (C=O) groups excluding carboxylic acids is 3. The summed E-state index contributed by atoms with van der Waals surface area (Å²) in [7, 11) is 0. The van der Waals surface area contributed by atoms with Crippen molar-refractivity contribution in [1.29, 1.82) is 0 Å². The molecule has 24 nitrogen and oxygen atoms in total. The Morgan fingerprint density at radius 2 is 0.698 bits per heavy atom. The molecule has 3 aliphatic rings. The van der Waals surface area contributed by atoms with Crippen molar-refractivity contribution in [3.05, 3.63) is 181 Å². The van der Waals surface area contributed by atoms with E-state index in [9.17, 15) is 14.4 Å². The van der Waals surface area contributed by atoms with Crippen LogP contribution in [-0.4, -0.2) is 130 Å². The average Bonchev–Trinajstić information content (AvgIpc) is 1.26. The minimum atomic E-state index is -0.101. The maximum atomic E-state index is 13.0. The summed E-state index contributed by atoms with van der Waals surface area (Å²) in [5.41, 5.74) is 32.5. The van der Waals surface area contributed by atoms with Crippen molar-refractivity contribution in [2.75, 3.05) is 56.8 Å². The Balaban J connectivity index is 0.000000130. The van der Waals surface area contributed by atoms with Crippen molar-refractivity contribution in [3.8, 4) is 67.9 Å². The van der Waals surface area contributed by atoms with Crippen molar-refractivity contribution < 1.29 is 28.6 Å². The topological polar surface area (TPSA) is 325 Å². The van der Waals surface area contributed by atoms with E-state index in [4.69, 9.17) is 46.4 Å². The van der Waals surface area contributed by atoms with Gasteiger partial charge in [-0.1, -0.05) is 18.2 Å². The number of hydrogen-bond donors (Lipinski definition) is 3. The number of ketones is 3. The zero-order chi connectivity index (χ0) is 66.2. The molecule has 486 valence electrons. The number of aryl methyl sites for hydroxylation is 3. The van der Waals surface area contributed by atoms with E-state index in [1.165, 1.54) is 0 Å². The monoisotopic (exact) mass is 1280 g/mol. The maximum Gasteiger partial charge on any atom is 0.185 e. The first-order chi connectivity index (χ1) is 46.8. The number of imidazole rings is 3. The van der Waals surface area contributed by atoms with Gasteiger partial charge in [0.25, 0.3) is 0 Å². The van der Waals surface area contributed by atoms with Gasteiger partial charge in [-0.05, 0) is 150 Å². The predicted octanol–water partition coefficient (Wildman–Crippen LogP) is 11.2. The van der Waals surface area contributed by atoms with E-state index in [0.29, 0.717) is 108 Å². The van der Waals surface area contributed by atoms with Crippen LogP contribution in [-0.2, 0) is 14.2 Å². The Morgan fingerprint density at radius 1 is 0.396 bits per heavy atom. The van der Waals surface area contributed by atoms with Crippen LogP contribution in [0.1, 0.15) is 106 Å². The SMILES string of the molecule is Cc1cnc2ccc(-c3nc(C(=O)CCC4CCOC4)c(N)nc3-c3ccccn3)cn12.Cc1cnc2ccc(-c3nc(C(=O)CCC4CCOC4)c(N)nc3-c3ccccn3)cn12.Cc1cnc2ccc(-c3nc(C(=O)CCC4CCOC4)c(N)nc3-c3ccccn3)cn12. The molecule has 12 aromatic rings. The standard InChI is InChI=1S/3C24H24N6O2/c3*1-15-12-27-20-8-6-17(13-30(15)20)21-22(18-4-2-3-10-26-18)29-24(25)23(28-21)19(31)7-5-16-9-11-32-14-16/h3*2-4,6,8,10,12-13,16H,5,7,9,11,14H2,1H3,(H2,25,29). The van der Waals surface area contributed by atoms with E-state index in [-0.39, 0.29) is 51.9 Å². The fourth-order valence-electron chi connectivity index (χ4n) is 12.1. The molecule has 3 unspecified atom stereocenters. The van der Waals surface area contributed by atoms with E-state index < -0.39 is 0 Å². The van der Waals surface area contributed by atoms with Gasteiger partial charge in [-0.2, -0.15) is 0 Å². The minimum Gasteiger partial charge on any atom is -0.382 e. The summed E-state index contributed by atoms with van der Waals surface area (Å²) in [5, 5.41) is 0. The molecule has 0 bridgehead atoms. The molecule has 24 heteroatoms. The molecule has 0 aromatic carbocycles. The Hall–Kier alpha value is -11.0. The molecular weight excluding hydrogens is 1210 g/mol. The number of nitrogens with zero attached hydrogens (tertiary/aromatic N) is 15. The average molecular weight is 1290 g/mol. The van der Waals surface area contributed by atoms with Gasteiger partial charge in [0, 0.05) is 148 Å². The molecule has 0 aliphatic carbocycles. The molecule has 0 radical (unpaired) electrons. The van der Waals surface area contributed by atoms with Crippen molar-refractivity contribution >= 4 is 51.7 Å². The summed E-state index contributed by atoms with van der Waals surface area (Å²) < 4.78 is 22.2. The highest BCUT2D eigenvalue weighted by atomic mass is 16.5. The van der Waals surface area contributed by atoms with Crippen molar-refractivity contribution in [1.82, 2.24) is 73.0 Å². The van der Waals surface area contributed by atoms with Crippen LogP contribution < -0.4 is 17.2 Å². The highest BCUT2D eigenvalue weighted by molar-refractivity contribution is 6.01. The van der Waals surface area contributed by atoms with E-state index in [0.717, 1.165) is 109 Å². The van der Waals surface area contributed by atoms with Crippen LogP contribution in [0.3, 0.4) is 0 Å². The molecule has 3 saturated heterocycles. The summed E-state index contributed by atoms with van der Waals surface area (Å²) >= 11 is 0. The molecule has 15 heterocycles. The molecule has 3 aliphatic heterocycles. The number of hydrogen-bond acceptors (Lipinski definition) is 21. The Bertz CT molecular complexity index is 4310. The number of Topliss-reactive ketones (excluding diaryl/α,β-unsaturated/α-hetero) is 3. The number of carbonyl (C=O) groups is 3. The van der Waals surface area contributed by atoms with Crippen LogP contribution in [0.2, 0.25) is 0 Å². The number of ether oxygens (including phenoxy) is 3. The van der Waals surface area contributed by atoms with Crippen molar-refractivity contribution in [3.63, 3.8) is 0 Å². The lowest BCUT2D eigenvalue weighted by atomic mass is 9.99. The van der Waals surface area contributed by atoms with E-state index >= 15 is 0 Å². The number of nitrogen functional groups attached to an aromatic ring is 3. The number of rotatable bonds is 18. The lowest BCUT2D eigenvalue weighted by molar-refractivity contribution is 0.0959. The number of nitrogens with two attached hydrogens (primary N) is 3. The van der Waals surface area contributed by atoms with Gasteiger partial charge in [-0.15, -0.1) is 0 Å². The number of fused-ring (bicyclic) bond motifs is 3. The van der Waals surface area contributed by atoms with Crippen LogP contribution in [0.25, 0.3) is 84.9 Å². The number of aromatic nitrogens is 15. The smallest absolute Gasteiger partial charge is 0.185 e. The van der Waals surface area contributed by atoms with Crippen molar-refractivity contribution in [2.24, 2.45) is 17.8 Å². The quantitative estimate of drug-likeness (QED) is 0.0672. The normalized spacial score (nSPS) is 16.0.